The average molecular weight is 345 g/mol. The number of para-hydroxylation sites is 1. The Balaban J connectivity index is 1.42. The topological polar surface area (TPSA) is 87.8 Å². The van der Waals surface area contributed by atoms with E-state index in [0.29, 0.717) is 37.5 Å². The van der Waals surface area contributed by atoms with E-state index < -0.39 is 5.60 Å². The van der Waals surface area contributed by atoms with Gasteiger partial charge in [0.05, 0.1) is 6.54 Å². The van der Waals surface area contributed by atoms with Gasteiger partial charge in [0.2, 0.25) is 5.91 Å². The van der Waals surface area contributed by atoms with Crippen molar-refractivity contribution in [1.29, 1.82) is 0 Å². The molecule has 0 unspecified atom stereocenters. The van der Waals surface area contributed by atoms with Crippen LogP contribution in [0.5, 0.6) is 5.75 Å². The van der Waals surface area contributed by atoms with Gasteiger partial charge in [0.1, 0.15) is 23.7 Å². The molecule has 0 spiro atoms. The third-order valence-corrected chi connectivity index (χ3v) is 4.30. The fourth-order valence-corrected chi connectivity index (χ4v) is 2.82. The fraction of sp³-hybridized carbons (Fsp3) is 0.444. The van der Waals surface area contributed by atoms with Crippen LogP contribution in [0, 0.1) is 6.92 Å². The number of aliphatic hydroxyl groups is 1. The van der Waals surface area contributed by atoms with Crippen molar-refractivity contribution < 1.29 is 19.2 Å². The van der Waals surface area contributed by atoms with Crippen LogP contribution in [-0.2, 0) is 4.79 Å². The number of aryl methyl sites for hydroxylation is 1. The maximum absolute atomic E-state index is 12.0. The van der Waals surface area contributed by atoms with Crippen LogP contribution in [0.3, 0.4) is 0 Å². The number of likely N-dealkylation sites (tertiary alicyclic amines) is 1. The Morgan fingerprint density at radius 1 is 1.36 bits per heavy atom. The van der Waals surface area contributed by atoms with E-state index in [-0.39, 0.29) is 19.1 Å². The number of piperidine rings is 1. The molecule has 3 rings (SSSR count). The first-order chi connectivity index (χ1) is 12.0. The summed E-state index contributed by atoms with van der Waals surface area (Å²) in [5, 5.41) is 17.1. The number of hydrogen-bond donors (Lipinski definition) is 2. The lowest BCUT2D eigenvalue weighted by Gasteiger charge is -2.37. The molecule has 1 aliphatic heterocycles. The highest BCUT2D eigenvalue weighted by atomic mass is 16.5. The second kappa shape index (κ2) is 7.67. The van der Waals surface area contributed by atoms with E-state index >= 15 is 0 Å². The molecule has 7 heteroatoms. The maximum Gasteiger partial charge on any atom is 0.239 e. The summed E-state index contributed by atoms with van der Waals surface area (Å²) in [7, 11) is 0. The summed E-state index contributed by atoms with van der Waals surface area (Å²) in [5.74, 6) is 1.68. The summed E-state index contributed by atoms with van der Waals surface area (Å²) in [5.41, 5.74) is -0.855. The van der Waals surface area contributed by atoms with Crippen LogP contribution in [-0.4, -0.2) is 52.9 Å². The Kier molecular flexibility index (Phi) is 5.35. The predicted molar refractivity (Wildman–Crippen MR) is 92.4 cm³/mol. The van der Waals surface area contributed by atoms with Gasteiger partial charge in [0, 0.05) is 19.2 Å². The minimum absolute atomic E-state index is 0.140. The summed E-state index contributed by atoms with van der Waals surface area (Å²) in [4.78, 5) is 14.1. The number of amides is 1. The predicted octanol–water partition coefficient (Wildman–Crippen LogP) is 1.83. The molecule has 1 aromatic carbocycles. The van der Waals surface area contributed by atoms with Crippen molar-refractivity contribution in [1.82, 2.24) is 10.1 Å². The summed E-state index contributed by atoms with van der Waals surface area (Å²) in [6.07, 6.45) is 1.13. The van der Waals surface area contributed by atoms with Gasteiger partial charge in [-0.3, -0.25) is 9.69 Å². The third kappa shape index (κ3) is 5.04. The molecule has 134 valence electrons. The summed E-state index contributed by atoms with van der Waals surface area (Å²) in [6.45, 7) is 3.57. The molecule has 0 saturated carbocycles. The number of ether oxygens (including phenoxy) is 1. The highest BCUT2D eigenvalue weighted by Crippen LogP contribution is 2.23. The monoisotopic (exact) mass is 345 g/mol. The SMILES string of the molecule is Cc1cc(NC(=O)CN2CCC(O)(COc3ccccc3)CC2)no1. The second-order valence-corrected chi connectivity index (χ2v) is 6.47. The molecule has 1 saturated heterocycles. The number of nitrogens with one attached hydrogen (secondary N) is 1. The van der Waals surface area contributed by atoms with Crippen molar-refractivity contribution in [2.75, 3.05) is 31.6 Å². The Morgan fingerprint density at radius 2 is 2.08 bits per heavy atom. The van der Waals surface area contributed by atoms with E-state index in [2.05, 4.69) is 10.5 Å². The van der Waals surface area contributed by atoms with Gasteiger partial charge in [-0.1, -0.05) is 23.4 Å². The largest absolute Gasteiger partial charge is 0.491 e. The van der Waals surface area contributed by atoms with Crippen molar-refractivity contribution in [3.8, 4) is 5.75 Å². The Bertz CT molecular complexity index is 693. The molecule has 1 amide bonds. The van der Waals surface area contributed by atoms with Crippen molar-refractivity contribution in [3.63, 3.8) is 0 Å². The second-order valence-electron chi connectivity index (χ2n) is 6.47. The lowest BCUT2D eigenvalue weighted by atomic mass is 9.92. The number of carbonyl (C=O) groups excluding carboxylic acids is 1. The molecule has 1 fully saturated rings. The Labute approximate surface area is 146 Å². The first-order valence-electron chi connectivity index (χ1n) is 8.38. The van der Waals surface area contributed by atoms with E-state index in [9.17, 15) is 9.90 Å². The van der Waals surface area contributed by atoms with Crippen LogP contribution >= 0.6 is 0 Å². The number of nitrogens with zero attached hydrogens (tertiary/aromatic N) is 2. The number of benzene rings is 1. The Morgan fingerprint density at radius 3 is 2.72 bits per heavy atom. The smallest absolute Gasteiger partial charge is 0.239 e. The standard InChI is InChI=1S/C18H23N3O4/c1-14-11-16(20-25-14)19-17(22)12-21-9-7-18(23,8-10-21)13-24-15-5-3-2-4-6-15/h2-6,11,23H,7-10,12-13H2,1H3,(H,19,20,22). The number of hydrogen-bond acceptors (Lipinski definition) is 6. The van der Waals surface area contributed by atoms with Crippen LogP contribution < -0.4 is 10.1 Å². The Hall–Kier alpha value is -2.38. The molecular formula is C18H23N3O4. The van der Waals surface area contributed by atoms with E-state index in [1.807, 2.05) is 35.2 Å². The first-order valence-corrected chi connectivity index (χ1v) is 8.38. The normalized spacial score (nSPS) is 17.2. The van der Waals surface area contributed by atoms with Gasteiger partial charge in [-0.15, -0.1) is 0 Å². The van der Waals surface area contributed by atoms with E-state index in [1.54, 1.807) is 13.0 Å². The molecule has 2 aromatic rings. The zero-order valence-electron chi connectivity index (χ0n) is 14.3. The number of rotatable bonds is 6. The minimum atomic E-state index is -0.855. The van der Waals surface area contributed by atoms with E-state index in [1.165, 1.54) is 0 Å². The molecule has 1 aromatic heterocycles. The fourth-order valence-electron chi connectivity index (χ4n) is 2.82. The van der Waals surface area contributed by atoms with Gasteiger partial charge in [0.15, 0.2) is 5.82 Å². The summed E-state index contributed by atoms with van der Waals surface area (Å²) < 4.78 is 10.6. The first kappa shape index (κ1) is 17.4. The minimum Gasteiger partial charge on any atom is -0.491 e. The van der Waals surface area contributed by atoms with Crippen LogP contribution in [0.4, 0.5) is 5.82 Å². The molecule has 25 heavy (non-hydrogen) atoms. The van der Waals surface area contributed by atoms with Crippen LogP contribution in [0.15, 0.2) is 40.9 Å². The number of aromatic nitrogens is 1. The summed E-state index contributed by atoms with van der Waals surface area (Å²) in [6, 6.07) is 11.1. The number of carbonyl (C=O) groups is 1. The molecule has 0 bridgehead atoms. The molecule has 0 aliphatic carbocycles. The lowest BCUT2D eigenvalue weighted by molar-refractivity contribution is -0.119. The summed E-state index contributed by atoms with van der Waals surface area (Å²) >= 11 is 0. The van der Waals surface area contributed by atoms with Crippen LogP contribution in [0.1, 0.15) is 18.6 Å². The van der Waals surface area contributed by atoms with Crippen molar-refractivity contribution in [2.45, 2.75) is 25.4 Å². The van der Waals surface area contributed by atoms with Gasteiger partial charge in [-0.05, 0) is 31.9 Å². The molecule has 0 radical (unpaired) electrons. The molecule has 1 aliphatic rings. The van der Waals surface area contributed by atoms with Crippen molar-refractivity contribution in [3.05, 3.63) is 42.2 Å². The lowest BCUT2D eigenvalue weighted by Crippen LogP contribution is -2.49. The van der Waals surface area contributed by atoms with Crippen LogP contribution in [0.2, 0.25) is 0 Å². The third-order valence-electron chi connectivity index (χ3n) is 4.30. The van der Waals surface area contributed by atoms with E-state index in [0.717, 1.165) is 5.75 Å². The molecule has 2 heterocycles. The zero-order valence-corrected chi connectivity index (χ0v) is 14.3. The van der Waals surface area contributed by atoms with E-state index in [4.69, 9.17) is 9.26 Å². The molecule has 7 nitrogen and oxygen atoms in total. The van der Waals surface area contributed by atoms with Gasteiger partial charge in [-0.25, -0.2) is 0 Å². The van der Waals surface area contributed by atoms with Crippen molar-refractivity contribution in [2.24, 2.45) is 0 Å². The number of anilines is 1. The average Bonchev–Trinajstić information content (AvgIpc) is 3.01. The quantitative estimate of drug-likeness (QED) is 0.830. The van der Waals surface area contributed by atoms with Gasteiger partial charge in [0.25, 0.3) is 0 Å². The van der Waals surface area contributed by atoms with Gasteiger partial charge < -0.3 is 19.7 Å². The van der Waals surface area contributed by atoms with Crippen molar-refractivity contribution >= 4 is 11.7 Å². The molecule has 2 N–H and O–H groups in total. The van der Waals surface area contributed by atoms with Gasteiger partial charge in [-0.2, -0.15) is 0 Å². The zero-order chi connectivity index (χ0) is 17.7. The molecular weight excluding hydrogens is 322 g/mol. The highest BCUT2D eigenvalue weighted by Gasteiger charge is 2.33. The van der Waals surface area contributed by atoms with Crippen LogP contribution in [0.25, 0.3) is 0 Å². The molecule has 0 atom stereocenters. The van der Waals surface area contributed by atoms with Gasteiger partial charge >= 0.3 is 0 Å². The maximum atomic E-state index is 12.0. The highest BCUT2D eigenvalue weighted by molar-refractivity contribution is 5.91.